The summed E-state index contributed by atoms with van der Waals surface area (Å²) in [4.78, 5) is 0. The predicted molar refractivity (Wildman–Crippen MR) is 91.9 cm³/mol. The number of benzene rings is 2. The van der Waals surface area contributed by atoms with Crippen molar-refractivity contribution in [3.8, 4) is 17.2 Å². The average Bonchev–Trinajstić information content (AvgIpc) is 3.02. The molecule has 0 atom stereocenters. The summed E-state index contributed by atoms with van der Waals surface area (Å²) in [6.45, 7) is 0.110. The van der Waals surface area contributed by atoms with E-state index in [9.17, 15) is 8.42 Å². The minimum atomic E-state index is -3.73. The molecular weight excluding hydrogens is 346 g/mol. The summed E-state index contributed by atoms with van der Waals surface area (Å²) < 4.78 is 36.4. The van der Waals surface area contributed by atoms with Crippen LogP contribution in [-0.2, 0) is 16.8 Å². The lowest BCUT2D eigenvalue weighted by atomic mass is 10.2. The smallest absolute Gasteiger partial charge is 0.274 e. The van der Waals surface area contributed by atoms with Gasteiger partial charge in [-0.3, -0.25) is 0 Å². The lowest BCUT2D eigenvalue weighted by Gasteiger charge is -2.07. The number of nitrogens with one attached hydrogen (secondary N) is 1. The maximum absolute atomic E-state index is 10.9. The average molecular weight is 363 g/mol. The van der Waals surface area contributed by atoms with Gasteiger partial charge in [0.1, 0.15) is 11.3 Å². The number of hydrogen-bond donors (Lipinski definition) is 2. The minimum Gasteiger partial charge on any atom is -0.497 e. The van der Waals surface area contributed by atoms with Crippen molar-refractivity contribution < 1.29 is 17.9 Å². The van der Waals surface area contributed by atoms with Crippen LogP contribution >= 0.6 is 0 Å². The number of methoxy groups -OCH3 is 2. The molecule has 2 aromatic carbocycles. The topological polar surface area (TPSA) is 121 Å². The molecule has 0 aliphatic rings. The van der Waals surface area contributed by atoms with Gasteiger partial charge in [-0.1, -0.05) is 17.3 Å². The van der Waals surface area contributed by atoms with E-state index in [2.05, 4.69) is 15.0 Å². The molecule has 0 aliphatic heterocycles. The highest BCUT2D eigenvalue weighted by Gasteiger charge is 2.13. The molecule has 0 spiro atoms. The van der Waals surface area contributed by atoms with Crippen LogP contribution in [-0.4, -0.2) is 37.6 Å². The van der Waals surface area contributed by atoms with Gasteiger partial charge in [-0.2, -0.15) is 13.1 Å². The third-order valence-electron chi connectivity index (χ3n) is 3.60. The second kappa shape index (κ2) is 6.67. The molecule has 1 aromatic heterocycles. The predicted octanol–water partition coefficient (Wildman–Crippen LogP) is 0.731. The van der Waals surface area contributed by atoms with E-state index in [4.69, 9.17) is 14.6 Å². The molecule has 1 heterocycles. The fraction of sp³-hybridized carbons (Fsp3) is 0.200. The zero-order valence-corrected chi connectivity index (χ0v) is 14.4. The van der Waals surface area contributed by atoms with Crippen LogP contribution in [0.1, 0.15) is 5.56 Å². The zero-order chi connectivity index (χ0) is 18.0. The molecule has 10 heteroatoms. The third-order valence-corrected chi connectivity index (χ3v) is 4.15. The van der Waals surface area contributed by atoms with E-state index in [1.54, 1.807) is 49.2 Å². The first kappa shape index (κ1) is 17.1. The molecular formula is C15H17N5O4S. The molecule has 9 nitrogen and oxygen atoms in total. The second-order valence-electron chi connectivity index (χ2n) is 5.23. The number of hydrogen-bond acceptors (Lipinski definition) is 6. The van der Waals surface area contributed by atoms with Crippen molar-refractivity contribution in [2.75, 3.05) is 14.2 Å². The Morgan fingerprint density at radius 2 is 1.88 bits per heavy atom. The number of rotatable bonds is 6. The molecule has 25 heavy (non-hydrogen) atoms. The lowest BCUT2D eigenvalue weighted by molar-refractivity contribution is 0.397. The maximum atomic E-state index is 10.9. The van der Waals surface area contributed by atoms with Crippen LogP contribution in [0.4, 0.5) is 0 Å². The number of nitrogens with two attached hydrogens (primary N) is 1. The van der Waals surface area contributed by atoms with Crippen LogP contribution in [0.3, 0.4) is 0 Å². The summed E-state index contributed by atoms with van der Waals surface area (Å²) in [5.41, 5.74) is 2.87. The van der Waals surface area contributed by atoms with Crippen LogP contribution in [0.25, 0.3) is 16.7 Å². The van der Waals surface area contributed by atoms with Crippen LogP contribution in [0.2, 0.25) is 0 Å². The molecule has 0 fully saturated rings. The molecule has 0 bridgehead atoms. The van der Waals surface area contributed by atoms with Crippen molar-refractivity contribution in [2.24, 2.45) is 5.14 Å². The van der Waals surface area contributed by atoms with Gasteiger partial charge < -0.3 is 9.47 Å². The SMILES string of the molecule is COc1cc(OC)c2nnn(-c3ccc(CNS(N)(=O)=O)cc3)c2c1. The van der Waals surface area contributed by atoms with E-state index >= 15 is 0 Å². The van der Waals surface area contributed by atoms with E-state index < -0.39 is 10.2 Å². The molecule has 3 aromatic rings. The maximum Gasteiger partial charge on any atom is 0.274 e. The van der Waals surface area contributed by atoms with Gasteiger partial charge in [-0.25, -0.2) is 9.82 Å². The number of ether oxygens (including phenoxy) is 2. The lowest BCUT2D eigenvalue weighted by Crippen LogP contribution is -2.30. The van der Waals surface area contributed by atoms with Gasteiger partial charge in [0.15, 0.2) is 11.3 Å². The van der Waals surface area contributed by atoms with Crippen molar-refractivity contribution in [1.82, 2.24) is 19.7 Å². The van der Waals surface area contributed by atoms with Crippen molar-refractivity contribution in [3.05, 3.63) is 42.0 Å². The zero-order valence-electron chi connectivity index (χ0n) is 13.6. The summed E-state index contributed by atoms with van der Waals surface area (Å²) in [5.74, 6) is 1.19. The second-order valence-corrected chi connectivity index (χ2v) is 6.61. The Bertz CT molecular complexity index is 999. The first-order chi connectivity index (χ1) is 11.9. The fourth-order valence-corrected chi connectivity index (χ4v) is 2.74. The first-order valence-electron chi connectivity index (χ1n) is 7.25. The van der Waals surface area contributed by atoms with E-state index in [1.807, 2.05) is 6.07 Å². The Balaban J connectivity index is 1.96. The Morgan fingerprint density at radius 1 is 1.16 bits per heavy atom. The monoisotopic (exact) mass is 363 g/mol. The van der Waals surface area contributed by atoms with Gasteiger partial charge >= 0.3 is 0 Å². The normalized spacial score (nSPS) is 11.6. The van der Waals surface area contributed by atoms with Gasteiger partial charge in [0.25, 0.3) is 10.2 Å². The van der Waals surface area contributed by atoms with Crippen LogP contribution in [0, 0.1) is 0 Å². The minimum absolute atomic E-state index is 0.110. The molecule has 0 aliphatic carbocycles. The van der Waals surface area contributed by atoms with E-state index in [-0.39, 0.29) is 6.54 Å². The standard InChI is InChI=1S/C15H17N5O4S/c1-23-12-7-13-15(14(8-12)24-2)18-19-20(13)11-5-3-10(4-6-11)9-17-25(16,21)22/h3-8,17H,9H2,1-2H3,(H2,16,21,22). The van der Waals surface area contributed by atoms with E-state index in [1.165, 1.54) is 0 Å². The summed E-state index contributed by atoms with van der Waals surface area (Å²) in [7, 11) is -0.598. The Hall–Kier alpha value is -2.69. The van der Waals surface area contributed by atoms with Crippen molar-refractivity contribution in [3.63, 3.8) is 0 Å². The number of nitrogens with zero attached hydrogens (tertiary/aromatic N) is 3. The highest BCUT2D eigenvalue weighted by Crippen LogP contribution is 2.30. The Kier molecular flexibility index (Phi) is 4.57. The fourth-order valence-electron chi connectivity index (χ4n) is 2.37. The summed E-state index contributed by atoms with van der Waals surface area (Å²) in [6.07, 6.45) is 0. The van der Waals surface area contributed by atoms with E-state index in [0.29, 0.717) is 17.0 Å². The number of fused-ring (bicyclic) bond motifs is 1. The van der Waals surface area contributed by atoms with Crippen LogP contribution in [0.5, 0.6) is 11.5 Å². The molecule has 0 amide bonds. The third kappa shape index (κ3) is 3.71. The Morgan fingerprint density at radius 3 is 2.48 bits per heavy atom. The molecule has 0 saturated heterocycles. The van der Waals surface area contributed by atoms with Crippen LogP contribution < -0.4 is 19.3 Å². The summed E-state index contributed by atoms with van der Waals surface area (Å²) >= 11 is 0. The first-order valence-corrected chi connectivity index (χ1v) is 8.80. The highest BCUT2D eigenvalue weighted by molar-refractivity contribution is 7.87. The molecule has 0 unspecified atom stereocenters. The van der Waals surface area contributed by atoms with Crippen molar-refractivity contribution >= 4 is 21.2 Å². The Labute approximate surface area is 144 Å². The molecule has 0 saturated carbocycles. The highest BCUT2D eigenvalue weighted by atomic mass is 32.2. The summed E-state index contributed by atoms with van der Waals surface area (Å²) in [5, 5.41) is 13.2. The molecule has 3 N–H and O–H groups in total. The van der Waals surface area contributed by atoms with Gasteiger partial charge in [0, 0.05) is 18.7 Å². The quantitative estimate of drug-likeness (QED) is 0.666. The van der Waals surface area contributed by atoms with Crippen molar-refractivity contribution in [1.29, 1.82) is 0 Å². The largest absolute Gasteiger partial charge is 0.497 e. The molecule has 0 radical (unpaired) electrons. The van der Waals surface area contributed by atoms with Crippen LogP contribution in [0.15, 0.2) is 36.4 Å². The van der Waals surface area contributed by atoms with Gasteiger partial charge in [-0.15, -0.1) is 5.10 Å². The van der Waals surface area contributed by atoms with Crippen molar-refractivity contribution in [2.45, 2.75) is 6.54 Å². The molecule has 132 valence electrons. The van der Waals surface area contributed by atoms with Gasteiger partial charge in [-0.05, 0) is 17.7 Å². The van der Waals surface area contributed by atoms with E-state index in [0.717, 1.165) is 16.8 Å². The van der Waals surface area contributed by atoms with Gasteiger partial charge in [0.05, 0.1) is 19.9 Å². The summed E-state index contributed by atoms with van der Waals surface area (Å²) in [6, 6.07) is 10.7. The van der Waals surface area contributed by atoms with Gasteiger partial charge in [0.2, 0.25) is 0 Å². The molecule has 3 rings (SSSR count). The number of aromatic nitrogens is 3.